The molecule has 0 atom stereocenters. The van der Waals surface area contributed by atoms with Crippen molar-refractivity contribution in [3.05, 3.63) is 79.1 Å². The van der Waals surface area contributed by atoms with Crippen molar-refractivity contribution in [2.24, 2.45) is 0 Å². The van der Waals surface area contributed by atoms with Gasteiger partial charge in [0.2, 0.25) is 0 Å². The number of nitrogens with zero attached hydrogens (tertiary/aromatic N) is 4. The highest BCUT2D eigenvalue weighted by Gasteiger charge is 2.27. The number of nitro groups is 1. The van der Waals surface area contributed by atoms with Gasteiger partial charge in [0.05, 0.1) is 15.6 Å². The van der Waals surface area contributed by atoms with Crippen molar-refractivity contribution in [2.75, 3.05) is 13.1 Å². The molecule has 0 radical (unpaired) electrons. The summed E-state index contributed by atoms with van der Waals surface area (Å²) < 4.78 is 0. The SMILES string of the molecule is N#CC(=Cc1ccc(O)cc1)C(=O)N1CCC(c2nc(-c3ccc(Cl)c([N+](=O)[O-])c3)cs2)CC1. The average Bonchev–Trinajstić information content (AvgIpc) is 3.34. The van der Waals surface area contributed by atoms with Crippen molar-refractivity contribution in [3.63, 3.8) is 0 Å². The van der Waals surface area contributed by atoms with Crippen molar-refractivity contribution < 1.29 is 14.8 Å². The summed E-state index contributed by atoms with van der Waals surface area (Å²) >= 11 is 7.39. The maximum Gasteiger partial charge on any atom is 0.288 e. The molecule has 1 amide bonds. The molecule has 1 fully saturated rings. The minimum atomic E-state index is -0.516. The Balaban J connectivity index is 1.42. The van der Waals surface area contributed by atoms with Crippen molar-refractivity contribution >= 4 is 40.6 Å². The number of halogens is 1. The van der Waals surface area contributed by atoms with Gasteiger partial charge in [-0.05, 0) is 42.7 Å². The number of phenols is 1. The average molecular weight is 495 g/mol. The first-order valence-electron chi connectivity index (χ1n) is 10.5. The largest absolute Gasteiger partial charge is 0.508 e. The first-order valence-corrected chi connectivity index (χ1v) is 11.7. The number of nitriles is 1. The number of nitro benzene ring substituents is 1. The van der Waals surface area contributed by atoms with Gasteiger partial charge in [0, 0.05) is 36.0 Å². The number of hydrogen-bond acceptors (Lipinski definition) is 7. The van der Waals surface area contributed by atoms with Crippen molar-refractivity contribution in [1.82, 2.24) is 9.88 Å². The molecule has 34 heavy (non-hydrogen) atoms. The molecule has 4 rings (SSSR count). The minimum absolute atomic E-state index is 0.0463. The number of piperidine rings is 1. The van der Waals surface area contributed by atoms with E-state index in [1.807, 2.05) is 11.4 Å². The second-order valence-electron chi connectivity index (χ2n) is 7.82. The Morgan fingerprint density at radius 1 is 1.26 bits per heavy atom. The van der Waals surface area contributed by atoms with Gasteiger partial charge in [-0.3, -0.25) is 14.9 Å². The van der Waals surface area contributed by atoms with E-state index in [2.05, 4.69) is 4.98 Å². The van der Waals surface area contributed by atoms with Crippen molar-refractivity contribution in [3.8, 4) is 23.1 Å². The summed E-state index contributed by atoms with van der Waals surface area (Å²) in [4.78, 5) is 29.9. The molecule has 0 spiro atoms. The third-order valence-electron chi connectivity index (χ3n) is 5.65. The number of aromatic nitrogens is 1. The Hall–Kier alpha value is -3.74. The standard InChI is InChI=1S/C24H19ClN4O4S/c25-20-6-3-17(12-22(20)29(32)33)21-14-34-23(27-21)16-7-9-28(10-8-16)24(31)18(13-26)11-15-1-4-19(30)5-2-15/h1-6,11-12,14,16,30H,7-10H2. The fraction of sp³-hybridized carbons (Fsp3) is 0.208. The maximum atomic E-state index is 12.9. The molecule has 0 aliphatic carbocycles. The lowest BCUT2D eigenvalue weighted by Crippen LogP contribution is -2.38. The first kappa shape index (κ1) is 23.4. The Kier molecular flexibility index (Phi) is 6.91. The third kappa shape index (κ3) is 5.09. The topological polar surface area (TPSA) is 120 Å². The van der Waals surface area contributed by atoms with Crippen LogP contribution in [0.2, 0.25) is 5.02 Å². The summed E-state index contributed by atoms with van der Waals surface area (Å²) in [7, 11) is 0. The predicted molar refractivity (Wildman–Crippen MR) is 129 cm³/mol. The second kappa shape index (κ2) is 10.0. The molecule has 2 heterocycles. The predicted octanol–water partition coefficient (Wildman–Crippen LogP) is 5.39. The van der Waals surface area contributed by atoms with E-state index in [1.165, 1.54) is 41.7 Å². The maximum absolute atomic E-state index is 12.9. The van der Waals surface area contributed by atoms with Gasteiger partial charge in [0.25, 0.3) is 11.6 Å². The molecule has 1 aliphatic heterocycles. The van der Waals surface area contributed by atoms with E-state index in [0.29, 0.717) is 42.8 Å². The summed E-state index contributed by atoms with van der Waals surface area (Å²) in [5.41, 5.74) is 1.83. The number of hydrogen-bond donors (Lipinski definition) is 1. The third-order valence-corrected chi connectivity index (χ3v) is 6.97. The van der Waals surface area contributed by atoms with Crippen LogP contribution in [0.4, 0.5) is 5.69 Å². The minimum Gasteiger partial charge on any atom is -0.508 e. The molecule has 0 saturated carbocycles. The van der Waals surface area contributed by atoms with E-state index in [9.17, 15) is 25.3 Å². The fourth-order valence-electron chi connectivity index (χ4n) is 3.80. The molecular weight excluding hydrogens is 476 g/mol. The van der Waals surface area contributed by atoms with Crippen molar-refractivity contribution in [1.29, 1.82) is 5.26 Å². The van der Waals surface area contributed by atoms with Crippen LogP contribution in [-0.2, 0) is 4.79 Å². The molecule has 3 aromatic rings. The lowest BCUT2D eigenvalue weighted by Gasteiger charge is -2.31. The van der Waals surface area contributed by atoms with Gasteiger partial charge < -0.3 is 10.0 Å². The van der Waals surface area contributed by atoms with E-state index in [4.69, 9.17) is 11.6 Å². The van der Waals surface area contributed by atoms with E-state index >= 15 is 0 Å². The van der Waals surface area contributed by atoms with Crippen LogP contribution in [0.15, 0.2) is 53.4 Å². The highest BCUT2D eigenvalue weighted by molar-refractivity contribution is 7.10. The first-order chi connectivity index (χ1) is 16.4. The number of amides is 1. The molecular formula is C24H19ClN4O4S. The summed E-state index contributed by atoms with van der Waals surface area (Å²) in [6.07, 6.45) is 2.93. The van der Waals surface area contributed by atoms with Gasteiger partial charge in [-0.2, -0.15) is 5.26 Å². The van der Waals surface area contributed by atoms with Crippen molar-refractivity contribution in [2.45, 2.75) is 18.8 Å². The quantitative estimate of drug-likeness (QED) is 0.220. The summed E-state index contributed by atoms with van der Waals surface area (Å²) in [5.74, 6) is -0.0392. The smallest absolute Gasteiger partial charge is 0.288 e. The zero-order valence-electron chi connectivity index (χ0n) is 17.8. The normalized spacial score (nSPS) is 14.6. The Bertz CT molecular complexity index is 1310. The van der Waals surface area contributed by atoms with Crippen LogP contribution >= 0.6 is 22.9 Å². The van der Waals surface area contributed by atoms with E-state index < -0.39 is 4.92 Å². The summed E-state index contributed by atoms with van der Waals surface area (Å²) in [6, 6.07) is 12.9. The number of likely N-dealkylation sites (tertiary alicyclic amines) is 1. The number of phenolic OH excluding ortho intramolecular Hbond substituents is 1. The fourth-order valence-corrected chi connectivity index (χ4v) is 4.99. The van der Waals surface area contributed by atoms with Crippen LogP contribution in [0.3, 0.4) is 0 Å². The number of aromatic hydroxyl groups is 1. The molecule has 1 aromatic heterocycles. The van der Waals surface area contributed by atoms with Gasteiger partial charge in [0.1, 0.15) is 22.4 Å². The highest BCUT2D eigenvalue weighted by atomic mass is 35.5. The summed E-state index contributed by atoms with van der Waals surface area (Å²) in [5, 5.41) is 32.9. The molecule has 10 heteroatoms. The van der Waals surface area contributed by atoms with Gasteiger partial charge in [0.15, 0.2) is 0 Å². The zero-order valence-corrected chi connectivity index (χ0v) is 19.4. The van der Waals surface area contributed by atoms with E-state index in [-0.39, 0.29) is 33.9 Å². The monoisotopic (exact) mass is 494 g/mol. The molecule has 1 N–H and O–H groups in total. The highest BCUT2D eigenvalue weighted by Crippen LogP contribution is 2.35. The lowest BCUT2D eigenvalue weighted by molar-refractivity contribution is -0.384. The summed E-state index contributed by atoms with van der Waals surface area (Å²) in [6.45, 7) is 0.999. The van der Waals surface area contributed by atoms with E-state index in [1.54, 1.807) is 23.1 Å². The number of rotatable bonds is 5. The second-order valence-corrected chi connectivity index (χ2v) is 9.12. The Labute approximate surface area is 204 Å². The number of carbonyl (C=O) groups is 1. The van der Waals surface area contributed by atoms with Gasteiger partial charge in [-0.1, -0.05) is 29.8 Å². The zero-order chi connectivity index (χ0) is 24.2. The van der Waals surface area contributed by atoms with Gasteiger partial charge in [-0.15, -0.1) is 11.3 Å². The molecule has 0 unspecified atom stereocenters. The number of carbonyl (C=O) groups excluding carboxylic acids is 1. The molecule has 1 aliphatic rings. The van der Waals surface area contributed by atoms with Gasteiger partial charge >= 0.3 is 0 Å². The van der Waals surface area contributed by atoms with E-state index in [0.717, 1.165) is 5.01 Å². The van der Waals surface area contributed by atoms with Crippen LogP contribution in [0.1, 0.15) is 29.3 Å². The number of benzene rings is 2. The van der Waals surface area contributed by atoms with Crippen LogP contribution in [-0.4, -0.2) is 38.9 Å². The molecule has 2 aromatic carbocycles. The Morgan fingerprint density at radius 3 is 2.62 bits per heavy atom. The molecule has 8 nitrogen and oxygen atoms in total. The molecule has 1 saturated heterocycles. The van der Waals surface area contributed by atoms with Crippen LogP contribution < -0.4 is 0 Å². The molecule has 172 valence electrons. The van der Waals surface area contributed by atoms with Gasteiger partial charge in [-0.25, -0.2) is 4.98 Å². The van der Waals surface area contributed by atoms with Crippen LogP contribution in [0, 0.1) is 21.4 Å². The lowest BCUT2D eigenvalue weighted by atomic mass is 9.96. The molecule has 0 bridgehead atoms. The Morgan fingerprint density at radius 2 is 1.97 bits per heavy atom. The van der Waals surface area contributed by atoms with Crippen LogP contribution in [0.25, 0.3) is 17.3 Å². The number of thiazole rings is 1. The van der Waals surface area contributed by atoms with Crippen LogP contribution in [0.5, 0.6) is 5.75 Å².